The van der Waals surface area contributed by atoms with Gasteiger partial charge in [-0.3, -0.25) is 15.0 Å². The number of aromatic nitrogens is 2. The molecule has 0 fully saturated rings. The van der Waals surface area contributed by atoms with E-state index in [1.54, 1.807) is 6.92 Å². The second kappa shape index (κ2) is 2.83. The van der Waals surface area contributed by atoms with E-state index < -0.39 is 0 Å². The fraction of sp³-hybridized carbons (Fsp3) is 0.375. The quantitative estimate of drug-likeness (QED) is 0.621. The van der Waals surface area contributed by atoms with Gasteiger partial charge in [0, 0.05) is 5.57 Å². The number of nitrogens with one attached hydrogen (secondary N) is 2. The monoisotopic (exact) mass is 194 g/mol. The van der Waals surface area contributed by atoms with Crippen LogP contribution in [-0.4, -0.2) is 21.3 Å². The van der Waals surface area contributed by atoms with Crippen molar-refractivity contribution in [2.45, 2.75) is 19.9 Å². The fourth-order valence-corrected chi connectivity index (χ4v) is 1.58. The van der Waals surface area contributed by atoms with Crippen LogP contribution >= 0.6 is 0 Å². The lowest BCUT2D eigenvalue weighted by atomic mass is 10.0. The van der Waals surface area contributed by atoms with E-state index in [9.17, 15) is 9.90 Å². The highest BCUT2D eigenvalue weighted by atomic mass is 16.3. The van der Waals surface area contributed by atoms with Crippen LogP contribution in [0.5, 0.6) is 5.88 Å². The van der Waals surface area contributed by atoms with Crippen molar-refractivity contribution in [2.75, 3.05) is 0 Å². The molecule has 1 aliphatic rings. The van der Waals surface area contributed by atoms with Crippen LogP contribution in [0.15, 0.2) is 20.7 Å². The molecule has 6 nitrogen and oxygen atoms in total. The third kappa shape index (κ3) is 1.07. The molecule has 1 aromatic rings. The highest BCUT2D eigenvalue weighted by Gasteiger charge is 2.25. The number of rotatable bonds is 1. The third-order valence-electron chi connectivity index (χ3n) is 2.22. The zero-order valence-corrected chi connectivity index (χ0v) is 7.83. The van der Waals surface area contributed by atoms with Gasteiger partial charge in [-0.25, -0.2) is 0 Å². The third-order valence-corrected chi connectivity index (χ3v) is 2.22. The van der Waals surface area contributed by atoms with E-state index in [0.717, 1.165) is 0 Å². The van der Waals surface area contributed by atoms with Gasteiger partial charge in [0.05, 0.1) is 11.7 Å². The van der Waals surface area contributed by atoms with Crippen LogP contribution in [0.2, 0.25) is 0 Å². The van der Waals surface area contributed by atoms with Crippen molar-refractivity contribution in [3.8, 4) is 5.88 Å². The normalized spacial score (nSPS) is 20.9. The van der Waals surface area contributed by atoms with E-state index in [2.05, 4.69) is 20.4 Å². The Morgan fingerprint density at radius 1 is 1.43 bits per heavy atom. The number of nitrogens with zero attached hydrogens (tertiary/aromatic N) is 2. The van der Waals surface area contributed by atoms with E-state index in [4.69, 9.17) is 0 Å². The van der Waals surface area contributed by atoms with E-state index >= 15 is 0 Å². The van der Waals surface area contributed by atoms with E-state index in [1.165, 1.54) is 0 Å². The summed E-state index contributed by atoms with van der Waals surface area (Å²) in [5.41, 5.74) is 1.22. The minimum Gasteiger partial charge on any atom is -0.493 e. The number of hydrogen-bond acceptors (Lipinski definition) is 4. The molecule has 1 atom stereocenters. The summed E-state index contributed by atoms with van der Waals surface area (Å²) in [5.74, 6) is -0.163. The molecule has 1 unspecified atom stereocenters. The van der Waals surface area contributed by atoms with E-state index in [-0.39, 0.29) is 23.0 Å². The van der Waals surface area contributed by atoms with Crippen molar-refractivity contribution in [1.82, 2.24) is 10.2 Å². The number of azo groups is 1. The first-order chi connectivity index (χ1) is 6.61. The van der Waals surface area contributed by atoms with Crippen LogP contribution in [0.25, 0.3) is 5.57 Å². The van der Waals surface area contributed by atoms with Gasteiger partial charge >= 0.3 is 0 Å². The second-order valence-corrected chi connectivity index (χ2v) is 3.19. The Labute approximate surface area is 79.4 Å². The first kappa shape index (κ1) is 8.74. The highest BCUT2D eigenvalue weighted by Crippen LogP contribution is 2.31. The predicted molar refractivity (Wildman–Crippen MR) is 50.0 cm³/mol. The topological polar surface area (TPSA) is 93.6 Å². The molecule has 0 radical (unpaired) electrons. The van der Waals surface area contributed by atoms with Gasteiger partial charge in [0.15, 0.2) is 0 Å². The summed E-state index contributed by atoms with van der Waals surface area (Å²) in [6.45, 7) is 3.58. The summed E-state index contributed by atoms with van der Waals surface area (Å²) in [6, 6.07) is -0.183. The summed E-state index contributed by atoms with van der Waals surface area (Å²) >= 11 is 0. The van der Waals surface area contributed by atoms with Crippen LogP contribution in [-0.2, 0) is 0 Å². The summed E-state index contributed by atoms with van der Waals surface area (Å²) < 4.78 is 0. The summed E-state index contributed by atoms with van der Waals surface area (Å²) in [7, 11) is 0. The van der Waals surface area contributed by atoms with Crippen LogP contribution in [0, 0.1) is 0 Å². The Kier molecular flexibility index (Phi) is 1.77. The number of hydrogen-bond donors (Lipinski definition) is 3. The van der Waals surface area contributed by atoms with E-state index in [0.29, 0.717) is 11.3 Å². The average Bonchev–Trinajstić information content (AvgIpc) is 2.60. The molecule has 1 aliphatic heterocycles. The zero-order chi connectivity index (χ0) is 10.3. The van der Waals surface area contributed by atoms with Gasteiger partial charge in [-0.2, -0.15) is 10.2 Å². The highest BCUT2D eigenvalue weighted by molar-refractivity contribution is 5.75. The molecule has 1 aromatic heterocycles. The Hall–Kier alpha value is -1.85. The molecule has 0 saturated heterocycles. The molecule has 0 bridgehead atoms. The molecular formula is C8H10N4O2. The Morgan fingerprint density at radius 2 is 2.14 bits per heavy atom. The van der Waals surface area contributed by atoms with Crippen molar-refractivity contribution in [3.63, 3.8) is 0 Å². The first-order valence-electron chi connectivity index (χ1n) is 4.23. The SMILES string of the molecule is CC1=C(c2c(O)[nH][nH]c2=O)C(C)N=N1. The van der Waals surface area contributed by atoms with Gasteiger partial charge in [-0.15, -0.1) is 0 Å². The molecule has 74 valence electrons. The molecule has 14 heavy (non-hydrogen) atoms. The molecule has 2 heterocycles. The molecule has 0 aromatic carbocycles. The lowest BCUT2D eigenvalue weighted by Crippen LogP contribution is -2.10. The predicted octanol–water partition coefficient (Wildman–Crippen LogP) is 0.994. The number of allylic oxidation sites excluding steroid dienone is 1. The molecular weight excluding hydrogens is 184 g/mol. The Bertz CT molecular complexity index is 480. The largest absolute Gasteiger partial charge is 0.493 e. The average molecular weight is 194 g/mol. The maximum Gasteiger partial charge on any atom is 0.275 e. The standard InChI is InChI=1S/C8H10N4O2/c1-3-5(4(2)10-9-3)6-7(13)11-12-8(6)14/h3H,1-2H3,(H3,11,12,13,14). The minimum absolute atomic E-state index is 0.163. The minimum atomic E-state index is -0.351. The molecule has 0 aliphatic carbocycles. The van der Waals surface area contributed by atoms with Crippen LogP contribution < -0.4 is 5.56 Å². The van der Waals surface area contributed by atoms with Crippen LogP contribution in [0.4, 0.5) is 0 Å². The lowest BCUT2D eigenvalue weighted by molar-refractivity contribution is 0.450. The van der Waals surface area contributed by atoms with Crippen molar-refractivity contribution < 1.29 is 5.11 Å². The van der Waals surface area contributed by atoms with Gasteiger partial charge in [-0.1, -0.05) is 0 Å². The maximum absolute atomic E-state index is 11.4. The molecule has 6 heteroatoms. The molecule has 0 amide bonds. The maximum atomic E-state index is 11.4. The zero-order valence-electron chi connectivity index (χ0n) is 7.83. The van der Waals surface area contributed by atoms with Crippen molar-refractivity contribution in [1.29, 1.82) is 0 Å². The van der Waals surface area contributed by atoms with Gasteiger partial charge in [0.25, 0.3) is 5.56 Å². The molecule has 3 N–H and O–H groups in total. The van der Waals surface area contributed by atoms with Gasteiger partial charge < -0.3 is 5.11 Å². The van der Waals surface area contributed by atoms with Gasteiger partial charge in [0.1, 0.15) is 5.56 Å². The fourth-order valence-electron chi connectivity index (χ4n) is 1.58. The summed E-state index contributed by atoms with van der Waals surface area (Å²) in [4.78, 5) is 11.4. The van der Waals surface area contributed by atoms with Gasteiger partial charge in [0.2, 0.25) is 5.88 Å². The van der Waals surface area contributed by atoms with Crippen molar-refractivity contribution >= 4 is 5.57 Å². The van der Waals surface area contributed by atoms with Crippen LogP contribution in [0.1, 0.15) is 19.4 Å². The van der Waals surface area contributed by atoms with Crippen molar-refractivity contribution in [2.24, 2.45) is 10.2 Å². The number of aromatic hydroxyl groups is 1. The van der Waals surface area contributed by atoms with Crippen LogP contribution in [0.3, 0.4) is 0 Å². The Balaban J connectivity index is 2.62. The lowest BCUT2D eigenvalue weighted by Gasteiger charge is -2.03. The summed E-state index contributed by atoms with van der Waals surface area (Å²) in [5, 5.41) is 21.9. The van der Waals surface area contributed by atoms with Gasteiger partial charge in [-0.05, 0) is 13.8 Å². The molecule has 2 rings (SSSR count). The molecule has 0 spiro atoms. The second-order valence-electron chi connectivity index (χ2n) is 3.19. The smallest absolute Gasteiger partial charge is 0.275 e. The summed E-state index contributed by atoms with van der Waals surface area (Å²) in [6.07, 6.45) is 0. The number of H-pyrrole nitrogens is 2. The van der Waals surface area contributed by atoms with Crippen molar-refractivity contribution in [3.05, 3.63) is 21.6 Å². The van der Waals surface area contributed by atoms with E-state index in [1.807, 2.05) is 6.92 Å². The Morgan fingerprint density at radius 3 is 2.57 bits per heavy atom. The number of aromatic amines is 2. The first-order valence-corrected chi connectivity index (χ1v) is 4.23. The molecule has 0 saturated carbocycles.